The third-order valence-electron chi connectivity index (χ3n) is 0.760. The zero-order valence-electron chi connectivity index (χ0n) is 4.30. The van der Waals surface area contributed by atoms with Gasteiger partial charge in [-0.3, -0.25) is 0 Å². The molecule has 0 N–H and O–H groups in total. The molecule has 1 atom stereocenters. The van der Waals surface area contributed by atoms with Gasteiger partial charge in [0.25, 0.3) is 0 Å². The highest BCUT2D eigenvalue weighted by Gasteiger charge is 2.26. The van der Waals surface area contributed by atoms with E-state index in [1.54, 1.807) is 0 Å². The van der Waals surface area contributed by atoms with Crippen LogP contribution in [0.25, 0.3) is 0 Å². The van der Waals surface area contributed by atoms with Crippen molar-refractivity contribution in [2.24, 2.45) is 0 Å². The van der Waals surface area contributed by atoms with Crippen LogP contribution in [0.2, 0.25) is 0 Å². The van der Waals surface area contributed by atoms with E-state index in [2.05, 4.69) is 70.6 Å². The molecule has 1 unspecified atom stereocenters. The Morgan fingerprint density at radius 3 is 1.88 bits per heavy atom. The van der Waals surface area contributed by atoms with Gasteiger partial charge in [-0.15, -0.1) is 0 Å². The van der Waals surface area contributed by atoms with Crippen molar-refractivity contribution in [2.45, 2.75) is 15.0 Å². The number of halogens is 4. The van der Waals surface area contributed by atoms with Gasteiger partial charge < -0.3 is 0 Å². The van der Waals surface area contributed by atoms with Crippen LogP contribution in [0.1, 0.15) is 6.92 Å². The molecule has 0 radical (unpaired) electrons. The van der Waals surface area contributed by atoms with E-state index >= 15 is 0 Å². The van der Waals surface area contributed by atoms with Gasteiger partial charge in [0.2, 0.25) is 0 Å². The Labute approximate surface area is 83.3 Å². The van der Waals surface area contributed by atoms with Crippen molar-refractivity contribution in [2.75, 3.05) is 5.33 Å². The Morgan fingerprint density at radius 2 is 1.88 bits per heavy atom. The summed E-state index contributed by atoms with van der Waals surface area (Å²) in [6.07, 6.45) is 0. The molecule has 0 amide bonds. The molecule has 4 heteroatoms. The molecule has 0 aromatic heterocycles. The highest BCUT2D eigenvalue weighted by atomic mass is 79.9. The summed E-state index contributed by atoms with van der Waals surface area (Å²) in [5, 5.41) is 0.881. The van der Waals surface area contributed by atoms with Crippen LogP contribution in [0.5, 0.6) is 0 Å². The lowest BCUT2D eigenvalue weighted by Gasteiger charge is -2.19. The van der Waals surface area contributed by atoms with Crippen LogP contribution < -0.4 is 0 Å². The normalized spacial score (nSPS) is 16.1. The maximum atomic E-state index is 3.47. The van der Waals surface area contributed by atoms with Gasteiger partial charge in [-0.1, -0.05) is 70.6 Å². The summed E-state index contributed by atoms with van der Waals surface area (Å²) in [5.74, 6) is 0. The predicted octanol–water partition coefficient (Wildman–Crippen LogP) is 3.65. The maximum absolute atomic E-state index is 3.47. The van der Waals surface area contributed by atoms with Gasteiger partial charge in [-0.2, -0.15) is 0 Å². The van der Waals surface area contributed by atoms with Gasteiger partial charge >= 0.3 is 0 Å². The molecule has 0 bridgehead atoms. The van der Waals surface area contributed by atoms with E-state index < -0.39 is 0 Å². The van der Waals surface area contributed by atoms with Gasteiger partial charge in [-0.05, 0) is 0 Å². The Morgan fingerprint density at radius 1 is 1.50 bits per heavy atom. The second kappa shape index (κ2) is 3.94. The van der Waals surface area contributed by atoms with Crippen LogP contribution in [-0.4, -0.2) is 13.4 Å². The van der Waals surface area contributed by atoms with E-state index in [4.69, 9.17) is 0 Å². The standard InChI is InChI=1S/C4H6Br4/c1-3(6)4(7,8)2-5/h3H,2H2,1H3. The molecule has 0 aromatic carbocycles. The van der Waals surface area contributed by atoms with Crippen LogP contribution in [-0.2, 0) is 0 Å². The van der Waals surface area contributed by atoms with Crippen molar-refractivity contribution < 1.29 is 0 Å². The molecule has 0 rings (SSSR count). The molecule has 0 heterocycles. The van der Waals surface area contributed by atoms with Crippen LogP contribution in [0.15, 0.2) is 0 Å². The summed E-state index contributed by atoms with van der Waals surface area (Å²) in [5.41, 5.74) is 0. The molecule has 0 spiro atoms. The van der Waals surface area contributed by atoms with E-state index in [1.165, 1.54) is 0 Å². The highest BCUT2D eigenvalue weighted by molar-refractivity contribution is 9.27. The van der Waals surface area contributed by atoms with Crippen LogP contribution in [0, 0.1) is 0 Å². The van der Waals surface area contributed by atoms with Gasteiger partial charge in [0, 0.05) is 10.2 Å². The molecule has 0 aliphatic heterocycles. The van der Waals surface area contributed by atoms with E-state index in [9.17, 15) is 0 Å². The van der Waals surface area contributed by atoms with Crippen molar-refractivity contribution in [3.05, 3.63) is 0 Å². The number of hydrogen-bond donors (Lipinski definition) is 0. The zero-order valence-corrected chi connectivity index (χ0v) is 10.6. The second-order valence-electron chi connectivity index (χ2n) is 1.51. The van der Waals surface area contributed by atoms with Crippen molar-refractivity contribution in [3.63, 3.8) is 0 Å². The quantitative estimate of drug-likeness (QED) is 0.648. The largest absolute Gasteiger partial charge is 0.102 e. The molecule has 0 fully saturated rings. The molecule has 0 aromatic rings. The topological polar surface area (TPSA) is 0 Å². The molecular weight excluding hydrogens is 368 g/mol. The van der Waals surface area contributed by atoms with Crippen molar-refractivity contribution in [1.29, 1.82) is 0 Å². The van der Waals surface area contributed by atoms with Crippen LogP contribution >= 0.6 is 63.7 Å². The van der Waals surface area contributed by atoms with Crippen LogP contribution in [0.4, 0.5) is 0 Å². The monoisotopic (exact) mass is 370 g/mol. The Bertz CT molecular complexity index is 68.4. The number of hydrogen-bond acceptors (Lipinski definition) is 0. The molecule has 0 aliphatic carbocycles. The van der Waals surface area contributed by atoms with Gasteiger partial charge in [0.1, 0.15) is 3.23 Å². The van der Waals surface area contributed by atoms with E-state index in [0.29, 0.717) is 4.83 Å². The summed E-state index contributed by atoms with van der Waals surface area (Å²) in [4.78, 5) is 0.411. The summed E-state index contributed by atoms with van der Waals surface area (Å²) in [6, 6.07) is 0. The molecule has 8 heavy (non-hydrogen) atoms. The van der Waals surface area contributed by atoms with Gasteiger partial charge in [0.05, 0.1) is 0 Å². The summed E-state index contributed by atoms with van der Waals surface area (Å²) in [6.45, 7) is 2.07. The second-order valence-corrected chi connectivity index (χ2v) is 7.34. The molecule has 50 valence electrons. The van der Waals surface area contributed by atoms with Crippen molar-refractivity contribution >= 4 is 63.7 Å². The fraction of sp³-hybridized carbons (Fsp3) is 1.00. The fourth-order valence-corrected chi connectivity index (χ4v) is 1.19. The molecule has 0 aliphatic rings. The minimum Gasteiger partial charge on any atom is -0.0903 e. The maximum Gasteiger partial charge on any atom is 0.102 e. The fourth-order valence-electron chi connectivity index (χ4n) is 0.106. The smallest absolute Gasteiger partial charge is 0.0903 e. The van der Waals surface area contributed by atoms with Crippen molar-refractivity contribution in [1.82, 2.24) is 0 Å². The zero-order chi connectivity index (χ0) is 6.78. The van der Waals surface area contributed by atoms with E-state index in [1.807, 2.05) is 0 Å². The SMILES string of the molecule is CC(Br)C(Br)(Br)CBr. The summed E-state index contributed by atoms with van der Waals surface area (Å²) >= 11 is 13.7. The van der Waals surface area contributed by atoms with Gasteiger partial charge in [-0.25, -0.2) is 0 Å². The third-order valence-corrected chi connectivity index (χ3v) is 7.09. The molecule has 0 nitrogen and oxygen atoms in total. The lowest BCUT2D eigenvalue weighted by Crippen LogP contribution is -2.23. The minimum atomic E-state index is 0. The number of rotatable bonds is 2. The Kier molecular flexibility index (Phi) is 4.88. The minimum absolute atomic E-state index is 0. The summed E-state index contributed by atoms with van der Waals surface area (Å²) in [7, 11) is 0. The average Bonchev–Trinajstić information content (AvgIpc) is 1.67. The molecular formula is C4H6Br4. The average molecular weight is 374 g/mol. The van der Waals surface area contributed by atoms with Gasteiger partial charge in [0.15, 0.2) is 0 Å². The van der Waals surface area contributed by atoms with E-state index in [0.717, 1.165) is 5.33 Å². The van der Waals surface area contributed by atoms with Crippen molar-refractivity contribution in [3.8, 4) is 0 Å². The van der Waals surface area contributed by atoms with Crippen LogP contribution in [0.3, 0.4) is 0 Å². The molecule has 0 saturated heterocycles. The number of alkyl halides is 4. The predicted molar refractivity (Wildman–Crippen MR) is 52.8 cm³/mol. The van der Waals surface area contributed by atoms with E-state index in [-0.39, 0.29) is 3.23 Å². The molecule has 0 saturated carbocycles. The Hall–Kier alpha value is 1.92. The first kappa shape index (κ1) is 9.92. The highest BCUT2D eigenvalue weighted by Crippen LogP contribution is 2.35. The summed E-state index contributed by atoms with van der Waals surface area (Å²) < 4.78 is 0. The lowest BCUT2D eigenvalue weighted by molar-refractivity contribution is 0.931. The lowest BCUT2D eigenvalue weighted by atomic mass is 10.4. The first-order chi connectivity index (χ1) is 3.50. The third kappa shape index (κ3) is 3.18. The Balaban J connectivity index is 3.71. The first-order valence-electron chi connectivity index (χ1n) is 2.08. The first-order valence-corrected chi connectivity index (χ1v) is 5.71.